The molecule has 4 aromatic carbocycles. The molecule has 0 radical (unpaired) electrons. The summed E-state index contributed by atoms with van der Waals surface area (Å²) in [6.07, 6.45) is 3.19. The average Bonchev–Trinajstić information content (AvgIpc) is 3.55. The van der Waals surface area contributed by atoms with Gasteiger partial charge in [0.15, 0.2) is 0 Å². The minimum Gasteiger partial charge on any atom is -0.366 e. The molecule has 0 aromatic heterocycles. The summed E-state index contributed by atoms with van der Waals surface area (Å²) >= 11 is 0. The van der Waals surface area contributed by atoms with E-state index in [9.17, 15) is 4.79 Å². The maximum absolute atomic E-state index is 11.9. The zero-order valence-electron chi connectivity index (χ0n) is 15.0. The Morgan fingerprint density at radius 2 is 1.41 bits per heavy atom. The minimum atomic E-state index is -0.230. The summed E-state index contributed by atoms with van der Waals surface area (Å²) in [6, 6.07) is 27.0. The predicted octanol–water partition coefficient (Wildman–Crippen LogP) is 6.07. The summed E-state index contributed by atoms with van der Waals surface area (Å²) < 4.78 is 6.41. The van der Waals surface area contributed by atoms with Crippen LogP contribution in [0.4, 0.5) is 0 Å². The second kappa shape index (κ2) is 6.64. The van der Waals surface area contributed by atoms with Crippen LogP contribution in [0.25, 0.3) is 21.5 Å². The van der Waals surface area contributed by atoms with Crippen molar-refractivity contribution in [2.75, 3.05) is 0 Å². The number of carbonyl (C=O) groups is 1. The van der Waals surface area contributed by atoms with Gasteiger partial charge >= 0.3 is 0 Å². The van der Waals surface area contributed by atoms with Crippen LogP contribution < -0.4 is 0 Å². The van der Waals surface area contributed by atoms with E-state index in [4.69, 9.17) is 4.74 Å². The Labute approximate surface area is 158 Å². The number of hydrogen-bond acceptors (Lipinski definition) is 2. The number of carbonyl (C=O) groups excluding carboxylic acids is 1. The molecular weight excluding hydrogens is 332 g/mol. The summed E-state index contributed by atoms with van der Waals surface area (Å²) in [5.41, 5.74) is 2.75. The summed E-state index contributed by atoms with van der Waals surface area (Å²) in [6.45, 7) is 0. The Morgan fingerprint density at radius 1 is 0.778 bits per heavy atom. The molecule has 1 unspecified atom stereocenters. The molecule has 2 heteroatoms. The van der Waals surface area contributed by atoms with E-state index >= 15 is 0 Å². The molecule has 0 heterocycles. The molecule has 132 valence electrons. The first-order valence-electron chi connectivity index (χ1n) is 9.44. The SMILES string of the molecule is O=Cc1cc2ccccc2cc1C(OC1CC1)c1ccc2ccccc2c1. The third kappa shape index (κ3) is 3.13. The molecule has 2 nitrogen and oxygen atoms in total. The normalized spacial score (nSPS) is 15.1. The summed E-state index contributed by atoms with van der Waals surface area (Å²) in [7, 11) is 0. The number of hydrogen-bond donors (Lipinski definition) is 0. The summed E-state index contributed by atoms with van der Waals surface area (Å²) in [5.74, 6) is 0. The van der Waals surface area contributed by atoms with E-state index in [2.05, 4.69) is 48.5 Å². The van der Waals surface area contributed by atoms with E-state index in [-0.39, 0.29) is 12.2 Å². The van der Waals surface area contributed by atoms with E-state index in [1.807, 2.05) is 30.3 Å². The van der Waals surface area contributed by atoms with Crippen molar-refractivity contribution < 1.29 is 9.53 Å². The van der Waals surface area contributed by atoms with Crippen molar-refractivity contribution in [1.82, 2.24) is 0 Å². The highest BCUT2D eigenvalue weighted by Gasteiger charge is 2.29. The van der Waals surface area contributed by atoms with Crippen LogP contribution in [0, 0.1) is 0 Å². The fraction of sp³-hybridized carbons (Fsp3) is 0.160. The second-order valence-corrected chi connectivity index (χ2v) is 7.27. The van der Waals surface area contributed by atoms with Crippen molar-refractivity contribution >= 4 is 27.8 Å². The number of rotatable bonds is 5. The minimum absolute atomic E-state index is 0.230. The number of benzene rings is 4. The number of fused-ring (bicyclic) bond motifs is 2. The summed E-state index contributed by atoms with van der Waals surface area (Å²) in [5, 5.41) is 4.60. The standard InChI is InChI=1S/C25H20O2/c26-16-22-14-19-7-3-4-8-20(19)15-24(22)25(27-23-11-12-23)21-10-9-17-5-1-2-6-18(17)13-21/h1-10,13-16,23,25H,11-12H2. The Morgan fingerprint density at radius 3 is 2.07 bits per heavy atom. The lowest BCUT2D eigenvalue weighted by atomic mass is 9.93. The van der Waals surface area contributed by atoms with Gasteiger partial charge in [-0.1, -0.05) is 60.7 Å². The smallest absolute Gasteiger partial charge is 0.150 e. The molecule has 0 N–H and O–H groups in total. The van der Waals surface area contributed by atoms with Crippen LogP contribution in [-0.2, 0) is 4.74 Å². The van der Waals surface area contributed by atoms with Gasteiger partial charge in [0.25, 0.3) is 0 Å². The molecule has 27 heavy (non-hydrogen) atoms. The lowest BCUT2D eigenvalue weighted by Crippen LogP contribution is -2.10. The predicted molar refractivity (Wildman–Crippen MR) is 109 cm³/mol. The molecule has 0 saturated heterocycles. The van der Waals surface area contributed by atoms with Gasteiger partial charge in [-0.2, -0.15) is 0 Å². The molecular formula is C25H20O2. The van der Waals surface area contributed by atoms with Gasteiger partial charge in [-0.25, -0.2) is 0 Å². The highest BCUT2D eigenvalue weighted by molar-refractivity contribution is 5.91. The lowest BCUT2D eigenvalue weighted by Gasteiger charge is -2.21. The molecule has 1 atom stereocenters. The van der Waals surface area contributed by atoms with Crippen LogP contribution in [0.1, 0.15) is 40.4 Å². The van der Waals surface area contributed by atoms with Crippen LogP contribution in [-0.4, -0.2) is 12.4 Å². The van der Waals surface area contributed by atoms with E-state index in [1.54, 1.807) is 0 Å². The molecule has 0 bridgehead atoms. The fourth-order valence-electron chi connectivity index (χ4n) is 3.70. The quantitative estimate of drug-likeness (QED) is 0.407. The van der Waals surface area contributed by atoms with Gasteiger partial charge in [-0.05, 0) is 63.7 Å². The first-order valence-corrected chi connectivity index (χ1v) is 9.44. The van der Waals surface area contributed by atoms with Crippen molar-refractivity contribution in [2.45, 2.75) is 25.0 Å². The van der Waals surface area contributed by atoms with Crippen LogP contribution in [0.15, 0.2) is 78.9 Å². The highest BCUT2D eigenvalue weighted by atomic mass is 16.5. The van der Waals surface area contributed by atoms with Crippen molar-refractivity contribution in [2.24, 2.45) is 0 Å². The van der Waals surface area contributed by atoms with Crippen molar-refractivity contribution in [3.05, 3.63) is 95.6 Å². The molecule has 0 spiro atoms. The second-order valence-electron chi connectivity index (χ2n) is 7.27. The molecule has 0 amide bonds. The van der Waals surface area contributed by atoms with Crippen LogP contribution in [0.3, 0.4) is 0 Å². The Balaban J connectivity index is 1.68. The average molecular weight is 352 g/mol. The molecule has 1 aliphatic rings. The van der Waals surface area contributed by atoms with E-state index in [0.29, 0.717) is 5.56 Å². The van der Waals surface area contributed by atoms with E-state index < -0.39 is 0 Å². The van der Waals surface area contributed by atoms with E-state index in [0.717, 1.165) is 41.0 Å². The Bertz CT molecular complexity index is 1140. The van der Waals surface area contributed by atoms with Gasteiger partial charge in [-0.15, -0.1) is 0 Å². The molecule has 4 aromatic rings. The molecule has 1 saturated carbocycles. The van der Waals surface area contributed by atoms with Crippen molar-refractivity contribution in [1.29, 1.82) is 0 Å². The summed E-state index contributed by atoms with van der Waals surface area (Å²) in [4.78, 5) is 11.9. The lowest BCUT2D eigenvalue weighted by molar-refractivity contribution is 0.0654. The third-order valence-corrected chi connectivity index (χ3v) is 5.29. The molecule has 1 fully saturated rings. The number of aldehydes is 1. The monoisotopic (exact) mass is 352 g/mol. The Kier molecular flexibility index (Phi) is 3.99. The molecule has 1 aliphatic carbocycles. The largest absolute Gasteiger partial charge is 0.366 e. The maximum Gasteiger partial charge on any atom is 0.150 e. The van der Waals surface area contributed by atoms with Gasteiger partial charge in [0.2, 0.25) is 0 Å². The van der Waals surface area contributed by atoms with Crippen LogP contribution in [0.5, 0.6) is 0 Å². The molecule has 0 aliphatic heterocycles. The van der Waals surface area contributed by atoms with Crippen molar-refractivity contribution in [3.8, 4) is 0 Å². The number of ether oxygens (including phenoxy) is 1. The highest BCUT2D eigenvalue weighted by Crippen LogP contribution is 2.38. The zero-order chi connectivity index (χ0) is 18.2. The van der Waals surface area contributed by atoms with Gasteiger partial charge in [0, 0.05) is 5.56 Å². The maximum atomic E-state index is 11.9. The third-order valence-electron chi connectivity index (χ3n) is 5.29. The van der Waals surface area contributed by atoms with Crippen LogP contribution in [0.2, 0.25) is 0 Å². The fourth-order valence-corrected chi connectivity index (χ4v) is 3.70. The van der Waals surface area contributed by atoms with Gasteiger partial charge in [0.1, 0.15) is 12.4 Å². The van der Waals surface area contributed by atoms with E-state index in [1.165, 1.54) is 10.8 Å². The first kappa shape index (κ1) is 16.2. The molecule has 5 rings (SSSR count). The topological polar surface area (TPSA) is 26.3 Å². The van der Waals surface area contributed by atoms with Crippen molar-refractivity contribution in [3.63, 3.8) is 0 Å². The Hall–Kier alpha value is -2.97. The van der Waals surface area contributed by atoms with Gasteiger partial charge in [-0.3, -0.25) is 4.79 Å². The zero-order valence-corrected chi connectivity index (χ0v) is 15.0. The van der Waals surface area contributed by atoms with Crippen LogP contribution >= 0.6 is 0 Å². The first-order chi connectivity index (χ1) is 13.3. The van der Waals surface area contributed by atoms with Gasteiger partial charge < -0.3 is 4.74 Å². The van der Waals surface area contributed by atoms with Gasteiger partial charge in [0.05, 0.1) is 6.10 Å².